The van der Waals surface area contributed by atoms with E-state index in [4.69, 9.17) is 0 Å². The van der Waals surface area contributed by atoms with Gasteiger partial charge in [0.05, 0.1) is 11.9 Å². The van der Waals surface area contributed by atoms with Crippen molar-refractivity contribution >= 4 is 21.6 Å². The number of aryl methyl sites for hydroxylation is 1. The van der Waals surface area contributed by atoms with Crippen molar-refractivity contribution in [3.05, 3.63) is 64.7 Å². The molecule has 0 spiro atoms. The number of benzene rings is 2. The Labute approximate surface area is 151 Å². The topological polar surface area (TPSA) is 75.3 Å². The lowest BCUT2D eigenvalue weighted by atomic mass is 10.0. The summed E-state index contributed by atoms with van der Waals surface area (Å²) in [7, 11) is -3.48. The second kappa shape index (κ2) is 7.82. The molecule has 0 saturated carbocycles. The molecule has 0 aromatic heterocycles. The normalized spacial score (nSPS) is 12.5. The third-order valence-corrected chi connectivity index (χ3v) is 4.34. The Morgan fingerprint density at radius 2 is 1.77 bits per heavy atom. The molecule has 0 unspecified atom stereocenters. The average Bonchev–Trinajstić information content (AvgIpc) is 2.52. The van der Waals surface area contributed by atoms with Crippen molar-refractivity contribution in [2.45, 2.75) is 26.3 Å². The molecule has 2 N–H and O–H groups in total. The first-order valence-electron chi connectivity index (χ1n) is 7.89. The van der Waals surface area contributed by atoms with Crippen molar-refractivity contribution in [3.63, 3.8) is 0 Å². The maximum Gasteiger partial charge on any atom is 0.251 e. The number of halogens is 2. The van der Waals surface area contributed by atoms with E-state index in [1.54, 1.807) is 26.0 Å². The fourth-order valence-corrected chi connectivity index (χ4v) is 3.08. The number of amides is 1. The van der Waals surface area contributed by atoms with Crippen LogP contribution in [0.5, 0.6) is 0 Å². The van der Waals surface area contributed by atoms with Gasteiger partial charge in [-0.1, -0.05) is 12.1 Å². The van der Waals surface area contributed by atoms with Gasteiger partial charge in [-0.15, -0.1) is 0 Å². The predicted octanol–water partition coefficient (Wildman–Crippen LogP) is 3.01. The molecule has 2 rings (SSSR count). The molecule has 0 saturated heterocycles. The maximum atomic E-state index is 13.7. The number of anilines is 1. The highest BCUT2D eigenvalue weighted by molar-refractivity contribution is 7.92. The monoisotopic (exact) mass is 382 g/mol. The number of hydrogen-bond acceptors (Lipinski definition) is 3. The Morgan fingerprint density at radius 3 is 2.35 bits per heavy atom. The summed E-state index contributed by atoms with van der Waals surface area (Å²) in [5, 5.41) is 2.66. The predicted molar refractivity (Wildman–Crippen MR) is 96.6 cm³/mol. The van der Waals surface area contributed by atoms with Gasteiger partial charge in [-0.2, -0.15) is 0 Å². The van der Waals surface area contributed by atoms with Gasteiger partial charge in [0.2, 0.25) is 10.0 Å². The zero-order valence-corrected chi connectivity index (χ0v) is 15.5. The van der Waals surface area contributed by atoms with E-state index < -0.39 is 33.6 Å². The highest BCUT2D eigenvalue weighted by atomic mass is 32.2. The molecule has 0 heterocycles. The van der Waals surface area contributed by atoms with E-state index in [9.17, 15) is 22.0 Å². The second-order valence-corrected chi connectivity index (χ2v) is 7.93. The van der Waals surface area contributed by atoms with E-state index >= 15 is 0 Å². The van der Waals surface area contributed by atoms with Crippen LogP contribution in [0.15, 0.2) is 36.4 Å². The van der Waals surface area contributed by atoms with E-state index in [1.165, 1.54) is 12.1 Å². The number of sulfonamides is 1. The average molecular weight is 382 g/mol. The maximum absolute atomic E-state index is 13.7. The van der Waals surface area contributed by atoms with Crippen LogP contribution < -0.4 is 10.0 Å². The van der Waals surface area contributed by atoms with Crippen molar-refractivity contribution in [3.8, 4) is 0 Å². The summed E-state index contributed by atoms with van der Waals surface area (Å²) < 4.78 is 52.6. The molecule has 8 heteroatoms. The lowest BCUT2D eigenvalue weighted by molar-refractivity contribution is 0.0939. The summed E-state index contributed by atoms with van der Waals surface area (Å²) in [6, 6.07) is 7.66. The van der Waals surface area contributed by atoms with Crippen LogP contribution in [0.2, 0.25) is 0 Å². The van der Waals surface area contributed by atoms with Crippen LogP contribution in [0.1, 0.15) is 28.4 Å². The molecule has 0 aliphatic carbocycles. The van der Waals surface area contributed by atoms with Crippen LogP contribution >= 0.6 is 0 Å². The highest BCUT2D eigenvalue weighted by Gasteiger charge is 2.16. The minimum absolute atomic E-state index is 0.00937. The van der Waals surface area contributed by atoms with Crippen LogP contribution in [0.3, 0.4) is 0 Å². The standard InChI is InChI=1S/C18H20F2N2O3S/c1-11-7-8-13(10-17(11)22-26(3,24)25)18(23)21-12(2)9-14-15(19)5-4-6-16(14)20/h4-8,10,12,22H,9H2,1-3H3,(H,21,23)/t12-/m1/s1. The van der Waals surface area contributed by atoms with Gasteiger partial charge in [0.1, 0.15) is 11.6 Å². The summed E-state index contributed by atoms with van der Waals surface area (Å²) in [5.41, 5.74) is 1.10. The summed E-state index contributed by atoms with van der Waals surface area (Å²) in [6.45, 7) is 3.34. The Bertz CT molecular complexity index is 910. The summed E-state index contributed by atoms with van der Waals surface area (Å²) >= 11 is 0. The molecule has 26 heavy (non-hydrogen) atoms. The van der Waals surface area contributed by atoms with E-state index in [-0.39, 0.29) is 17.5 Å². The first-order chi connectivity index (χ1) is 12.1. The molecule has 0 aliphatic rings. The van der Waals surface area contributed by atoms with Gasteiger partial charge in [0.15, 0.2) is 0 Å². The fraction of sp³-hybridized carbons (Fsp3) is 0.278. The molecule has 0 aliphatic heterocycles. The van der Waals surface area contributed by atoms with Gasteiger partial charge in [-0.05, 0) is 50.1 Å². The van der Waals surface area contributed by atoms with Crippen molar-refractivity contribution in [2.24, 2.45) is 0 Å². The van der Waals surface area contributed by atoms with E-state index in [0.29, 0.717) is 11.3 Å². The van der Waals surface area contributed by atoms with Crippen molar-refractivity contribution in [1.29, 1.82) is 0 Å². The van der Waals surface area contributed by atoms with Gasteiger partial charge in [0, 0.05) is 17.2 Å². The molecule has 1 amide bonds. The van der Waals surface area contributed by atoms with Crippen LogP contribution in [0.25, 0.3) is 0 Å². The molecule has 5 nitrogen and oxygen atoms in total. The Hall–Kier alpha value is -2.48. The number of carbonyl (C=O) groups excluding carboxylic acids is 1. The summed E-state index contributed by atoms with van der Waals surface area (Å²) in [4.78, 5) is 12.4. The van der Waals surface area contributed by atoms with E-state index in [0.717, 1.165) is 18.4 Å². The third-order valence-electron chi connectivity index (χ3n) is 3.74. The van der Waals surface area contributed by atoms with Crippen LogP contribution in [0.4, 0.5) is 14.5 Å². The largest absolute Gasteiger partial charge is 0.349 e. The number of rotatable bonds is 6. The molecule has 0 radical (unpaired) electrons. The zero-order chi connectivity index (χ0) is 19.5. The lowest BCUT2D eigenvalue weighted by Gasteiger charge is -2.16. The smallest absolute Gasteiger partial charge is 0.251 e. The molecule has 0 bridgehead atoms. The first kappa shape index (κ1) is 19.8. The number of nitrogens with one attached hydrogen (secondary N) is 2. The molecular formula is C18H20F2N2O3S. The van der Waals surface area contributed by atoms with E-state index in [2.05, 4.69) is 10.0 Å². The fourth-order valence-electron chi connectivity index (χ4n) is 2.46. The van der Waals surface area contributed by atoms with Gasteiger partial charge < -0.3 is 5.32 Å². The van der Waals surface area contributed by atoms with Crippen molar-refractivity contribution in [2.75, 3.05) is 11.0 Å². The third kappa shape index (κ3) is 5.26. The summed E-state index contributed by atoms with van der Waals surface area (Å²) in [5.74, 6) is -1.80. The van der Waals surface area contributed by atoms with Gasteiger partial charge in [-0.3, -0.25) is 9.52 Å². The van der Waals surface area contributed by atoms with Crippen molar-refractivity contribution in [1.82, 2.24) is 5.32 Å². The Kier molecular flexibility index (Phi) is 5.97. The molecule has 140 valence electrons. The molecule has 2 aromatic carbocycles. The Morgan fingerprint density at radius 1 is 1.15 bits per heavy atom. The number of hydrogen-bond donors (Lipinski definition) is 2. The van der Waals surface area contributed by atoms with E-state index in [1.807, 2.05) is 0 Å². The second-order valence-electron chi connectivity index (χ2n) is 6.18. The van der Waals surface area contributed by atoms with Crippen LogP contribution in [-0.2, 0) is 16.4 Å². The van der Waals surface area contributed by atoms with Crippen LogP contribution in [0, 0.1) is 18.6 Å². The minimum Gasteiger partial charge on any atom is -0.349 e. The van der Waals surface area contributed by atoms with Crippen LogP contribution in [-0.4, -0.2) is 26.6 Å². The van der Waals surface area contributed by atoms with Gasteiger partial charge in [-0.25, -0.2) is 17.2 Å². The summed E-state index contributed by atoms with van der Waals surface area (Å²) in [6.07, 6.45) is 1.01. The number of carbonyl (C=O) groups is 1. The first-order valence-corrected chi connectivity index (χ1v) is 9.78. The quantitative estimate of drug-likeness (QED) is 0.806. The SMILES string of the molecule is Cc1ccc(C(=O)N[C@H](C)Cc2c(F)cccc2F)cc1NS(C)(=O)=O. The Balaban J connectivity index is 2.13. The molecule has 0 fully saturated rings. The minimum atomic E-state index is -3.48. The van der Waals surface area contributed by atoms with Gasteiger partial charge in [0.25, 0.3) is 5.91 Å². The molecule has 1 atom stereocenters. The zero-order valence-electron chi connectivity index (χ0n) is 14.6. The molecular weight excluding hydrogens is 362 g/mol. The molecule has 2 aromatic rings. The lowest BCUT2D eigenvalue weighted by Crippen LogP contribution is -2.34. The highest BCUT2D eigenvalue weighted by Crippen LogP contribution is 2.19. The van der Waals surface area contributed by atoms with Crippen molar-refractivity contribution < 1.29 is 22.0 Å². The van der Waals surface area contributed by atoms with Gasteiger partial charge >= 0.3 is 0 Å².